The molecular formula is C17H15N5OS. The van der Waals surface area contributed by atoms with Gasteiger partial charge in [0, 0.05) is 10.9 Å². The minimum atomic E-state index is -0.456. The highest BCUT2D eigenvalue weighted by Gasteiger charge is 2.34. The number of hydrogen-bond donors (Lipinski definition) is 1. The van der Waals surface area contributed by atoms with Gasteiger partial charge in [-0.1, -0.05) is 36.0 Å². The highest BCUT2D eigenvalue weighted by atomic mass is 32.2. The van der Waals surface area contributed by atoms with Crippen molar-refractivity contribution >= 4 is 28.5 Å². The fourth-order valence-corrected chi connectivity index (χ4v) is 3.18. The molecule has 1 N–H and O–H groups in total. The van der Waals surface area contributed by atoms with Crippen LogP contribution < -0.4 is 15.9 Å². The number of aryl methyl sites for hydroxylation is 1. The molecule has 6 nitrogen and oxygen atoms in total. The van der Waals surface area contributed by atoms with Crippen LogP contribution in [0, 0.1) is 6.92 Å². The number of nitrogens with one attached hydrogen (secondary N) is 1. The number of hydrazone groups is 1. The first-order valence-electron chi connectivity index (χ1n) is 7.51. The number of thioether (sulfide) groups is 1. The fraction of sp³-hybridized carbons (Fsp3) is 0.176. The highest BCUT2D eigenvalue weighted by Crippen LogP contribution is 2.29. The van der Waals surface area contributed by atoms with E-state index in [0.717, 1.165) is 22.0 Å². The third-order valence-corrected chi connectivity index (χ3v) is 4.45. The normalized spacial score (nSPS) is 19.0. The SMILES string of the molecule is CSC1=NN2C(=c3ccccc3=N[C@@H]2c2cccc(C)n2)C(=O)N1. The van der Waals surface area contributed by atoms with E-state index in [4.69, 9.17) is 4.99 Å². The van der Waals surface area contributed by atoms with E-state index in [0.29, 0.717) is 10.9 Å². The summed E-state index contributed by atoms with van der Waals surface area (Å²) in [7, 11) is 0. The zero-order chi connectivity index (χ0) is 16.7. The van der Waals surface area contributed by atoms with Crippen molar-refractivity contribution in [2.45, 2.75) is 13.1 Å². The molecule has 0 saturated heterocycles. The lowest BCUT2D eigenvalue weighted by molar-refractivity contribution is -0.116. The van der Waals surface area contributed by atoms with Crippen LogP contribution in [0.15, 0.2) is 52.6 Å². The second-order valence-electron chi connectivity index (χ2n) is 5.48. The molecule has 120 valence electrons. The number of benzene rings is 1. The van der Waals surface area contributed by atoms with E-state index in [1.54, 1.807) is 5.01 Å². The molecule has 1 atom stereocenters. The number of amides is 1. The summed E-state index contributed by atoms with van der Waals surface area (Å²) in [6.45, 7) is 1.93. The van der Waals surface area contributed by atoms with Gasteiger partial charge < -0.3 is 0 Å². The molecule has 0 unspecified atom stereocenters. The zero-order valence-corrected chi connectivity index (χ0v) is 14.0. The van der Waals surface area contributed by atoms with Crippen LogP contribution in [0.1, 0.15) is 17.6 Å². The van der Waals surface area contributed by atoms with E-state index in [1.165, 1.54) is 11.8 Å². The van der Waals surface area contributed by atoms with Crippen molar-refractivity contribution in [3.05, 3.63) is 64.4 Å². The van der Waals surface area contributed by atoms with Crippen LogP contribution in [-0.2, 0) is 4.79 Å². The fourth-order valence-electron chi connectivity index (χ4n) is 2.82. The Hall–Kier alpha value is -2.67. The molecule has 0 aliphatic carbocycles. The van der Waals surface area contributed by atoms with Crippen LogP contribution >= 0.6 is 11.8 Å². The number of para-hydroxylation sites is 1. The molecule has 2 aromatic rings. The Balaban J connectivity index is 1.99. The molecule has 7 heteroatoms. The lowest BCUT2D eigenvalue weighted by Gasteiger charge is -2.33. The molecule has 24 heavy (non-hydrogen) atoms. The Morgan fingerprint density at radius 2 is 2.00 bits per heavy atom. The van der Waals surface area contributed by atoms with Crippen LogP contribution in [-0.4, -0.2) is 27.3 Å². The quantitative estimate of drug-likeness (QED) is 0.839. The van der Waals surface area contributed by atoms with Crippen LogP contribution in [0.4, 0.5) is 0 Å². The van der Waals surface area contributed by atoms with E-state index in [2.05, 4.69) is 15.4 Å². The summed E-state index contributed by atoms with van der Waals surface area (Å²) in [6.07, 6.45) is 1.42. The van der Waals surface area contributed by atoms with Crippen molar-refractivity contribution in [2.75, 3.05) is 6.26 Å². The molecule has 3 heterocycles. The first kappa shape index (κ1) is 14.9. The number of rotatable bonds is 1. The molecular weight excluding hydrogens is 322 g/mol. The molecule has 0 saturated carbocycles. The van der Waals surface area contributed by atoms with Crippen molar-refractivity contribution < 1.29 is 4.79 Å². The largest absolute Gasteiger partial charge is 0.298 e. The summed E-state index contributed by atoms with van der Waals surface area (Å²) in [5.74, 6) is -0.172. The molecule has 0 fully saturated rings. The molecule has 2 aliphatic rings. The van der Waals surface area contributed by atoms with Gasteiger partial charge in [-0.3, -0.25) is 20.1 Å². The number of amidine groups is 1. The minimum absolute atomic E-state index is 0.172. The van der Waals surface area contributed by atoms with E-state index in [9.17, 15) is 4.79 Å². The van der Waals surface area contributed by atoms with Gasteiger partial charge in [-0.25, -0.2) is 5.01 Å². The van der Waals surface area contributed by atoms with E-state index in [-0.39, 0.29) is 5.91 Å². The molecule has 0 bridgehead atoms. The standard InChI is InChI=1S/C17H15N5OS/c1-10-6-5-9-13(18-10)15-19-12-8-4-3-7-11(12)14-16(23)20-17(24-2)21-22(14)15/h3-9,15H,1-2H3,(H,20,21,23)/t15-/m0/s1. The van der Waals surface area contributed by atoms with Crippen LogP contribution in [0.3, 0.4) is 0 Å². The van der Waals surface area contributed by atoms with E-state index in [1.807, 2.05) is 55.6 Å². The van der Waals surface area contributed by atoms with Crippen LogP contribution in [0.5, 0.6) is 0 Å². The first-order chi connectivity index (χ1) is 11.7. The maximum absolute atomic E-state index is 12.7. The third kappa shape index (κ3) is 2.37. The molecule has 1 aromatic heterocycles. The molecule has 0 radical (unpaired) electrons. The number of hydrogen-bond acceptors (Lipinski definition) is 6. The van der Waals surface area contributed by atoms with Crippen LogP contribution in [0.25, 0.3) is 5.70 Å². The van der Waals surface area contributed by atoms with Crippen molar-refractivity contribution in [1.82, 2.24) is 15.3 Å². The zero-order valence-electron chi connectivity index (χ0n) is 13.2. The lowest BCUT2D eigenvalue weighted by atomic mass is 10.1. The second-order valence-corrected chi connectivity index (χ2v) is 6.28. The van der Waals surface area contributed by atoms with Gasteiger partial charge in [-0.05, 0) is 31.4 Å². The number of nitrogens with zero attached hydrogens (tertiary/aromatic N) is 4. The topological polar surface area (TPSA) is 70.0 Å². The predicted octanol–water partition coefficient (Wildman–Crippen LogP) is 0.896. The van der Waals surface area contributed by atoms with Gasteiger partial charge in [0.1, 0.15) is 5.70 Å². The Morgan fingerprint density at radius 3 is 2.79 bits per heavy atom. The Bertz CT molecular complexity index is 984. The summed E-state index contributed by atoms with van der Waals surface area (Å²) in [6, 6.07) is 13.4. The number of carbonyl (C=O) groups excluding carboxylic acids is 1. The summed E-state index contributed by atoms with van der Waals surface area (Å²) >= 11 is 1.39. The smallest absolute Gasteiger partial charge is 0.276 e. The van der Waals surface area contributed by atoms with Crippen molar-refractivity contribution in [1.29, 1.82) is 0 Å². The number of pyridine rings is 1. The van der Waals surface area contributed by atoms with Crippen molar-refractivity contribution in [3.63, 3.8) is 0 Å². The Morgan fingerprint density at radius 1 is 1.17 bits per heavy atom. The highest BCUT2D eigenvalue weighted by molar-refractivity contribution is 8.13. The number of carbonyl (C=O) groups is 1. The van der Waals surface area contributed by atoms with Gasteiger partial charge in [0.05, 0.1) is 11.1 Å². The Kier molecular flexibility index (Phi) is 3.57. The second kappa shape index (κ2) is 5.76. The molecule has 1 amide bonds. The van der Waals surface area contributed by atoms with Gasteiger partial charge in [-0.2, -0.15) is 0 Å². The predicted molar refractivity (Wildman–Crippen MR) is 93.3 cm³/mol. The minimum Gasteiger partial charge on any atom is -0.298 e. The summed E-state index contributed by atoms with van der Waals surface area (Å²) in [4.78, 5) is 22.0. The summed E-state index contributed by atoms with van der Waals surface area (Å²) in [5.41, 5.74) is 2.17. The lowest BCUT2D eigenvalue weighted by Crippen LogP contribution is -2.50. The van der Waals surface area contributed by atoms with E-state index >= 15 is 0 Å². The van der Waals surface area contributed by atoms with E-state index < -0.39 is 6.17 Å². The summed E-state index contributed by atoms with van der Waals surface area (Å²) in [5, 5.41) is 11.2. The average molecular weight is 337 g/mol. The van der Waals surface area contributed by atoms with Gasteiger partial charge in [0.25, 0.3) is 5.91 Å². The summed E-state index contributed by atoms with van der Waals surface area (Å²) < 4.78 is 0. The molecule has 4 rings (SSSR count). The van der Waals surface area contributed by atoms with Crippen LogP contribution in [0.2, 0.25) is 0 Å². The first-order valence-corrected chi connectivity index (χ1v) is 8.74. The maximum atomic E-state index is 12.7. The number of aromatic nitrogens is 1. The molecule has 2 aliphatic heterocycles. The maximum Gasteiger partial charge on any atom is 0.276 e. The van der Waals surface area contributed by atoms with Gasteiger partial charge in [-0.15, -0.1) is 5.10 Å². The number of fused-ring (bicyclic) bond motifs is 2. The monoisotopic (exact) mass is 337 g/mol. The average Bonchev–Trinajstić information content (AvgIpc) is 2.60. The van der Waals surface area contributed by atoms with Gasteiger partial charge in [0.2, 0.25) is 0 Å². The Labute approximate surface area is 143 Å². The molecule has 1 aromatic carbocycles. The molecule has 0 spiro atoms. The van der Waals surface area contributed by atoms with Crippen molar-refractivity contribution in [3.8, 4) is 0 Å². The van der Waals surface area contributed by atoms with Crippen molar-refractivity contribution in [2.24, 2.45) is 10.1 Å². The van der Waals surface area contributed by atoms with Gasteiger partial charge >= 0.3 is 0 Å². The van der Waals surface area contributed by atoms with Gasteiger partial charge in [0.15, 0.2) is 11.3 Å². The third-order valence-electron chi connectivity index (χ3n) is 3.88.